The molecule has 26 heavy (non-hydrogen) atoms. The summed E-state index contributed by atoms with van der Waals surface area (Å²) < 4.78 is 44.2. The van der Waals surface area contributed by atoms with Crippen molar-refractivity contribution < 1.29 is 27.5 Å². The number of aldehydes is 1. The summed E-state index contributed by atoms with van der Waals surface area (Å²) in [5.74, 6) is 0.0393. The molecule has 0 aliphatic carbocycles. The second-order valence-electron chi connectivity index (χ2n) is 6.82. The van der Waals surface area contributed by atoms with Crippen LogP contribution in [0.5, 0.6) is 0 Å². The molecule has 0 N–H and O–H groups in total. The van der Waals surface area contributed by atoms with Gasteiger partial charge in [0, 0.05) is 19.6 Å². The predicted octanol–water partition coefficient (Wildman–Crippen LogP) is 3.38. The lowest BCUT2D eigenvalue weighted by molar-refractivity contribution is -0.141. The van der Waals surface area contributed by atoms with Gasteiger partial charge in [0.2, 0.25) is 0 Å². The van der Waals surface area contributed by atoms with Crippen LogP contribution in [0.1, 0.15) is 26.5 Å². The number of aromatic nitrogens is 1. The lowest BCUT2D eigenvalue weighted by atomic mass is 10.2. The van der Waals surface area contributed by atoms with E-state index < -0.39 is 34.6 Å². The summed E-state index contributed by atoms with van der Waals surface area (Å²) in [6.07, 6.45) is -4.76. The summed E-state index contributed by atoms with van der Waals surface area (Å²) >= 11 is 5.58. The number of pyridine rings is 1. The van der Waals surface area contributed by atoms with E-state index in [1.54, 1.807) is 20.8 Å². The van der Waals surface area contributed by atoms with Crippen molar-refractivity contribution in [2.24, 2.45) is 0 Å². The average Bonchev–Trinajstić information content (AvgIpc) is 2.52. The molecule has 6 nitrogen and oxygen atoms in total. The van der Waals surface area contributed by atoms with Crippen LogP contribution in [0.2, 0.25) is 5.02 Å². The predicted molar refractivity (Wildman–Crippen MR) is 89.3 cm³/mol. The highest BCUT2D eigenvalue weighted by atomic mass is 35.5. The fourth-order valence-corrected chi connectivity index (χ4v) is 2.70. The molecule has 1 saturated heterocycles. The number of piperazine rings is 1. The Kier molecular flexibility index (Phi) is 5.70. The van der Waals surface area contributed by atoms with Crippen LogP contribution in [0.25, 0.3) is 0 Å². The molecule has 1 aliphatic heterocycles. The lowest BCUT2D eigenvalue weighted by Crippen LogP contribution is -2.57. The summed E-state index contributed by atoms with van der Waals surface area (Å²) in [6, 6.07) is 1.61. The minimum atomic E-state index is -4.69. The van der Waals surface area contributed by atoms with Crippen molar-refractivity contribution in [1.82, 2.24) is 9.88 Å². The van der Waals surface area contributed by atoms with E-state index in [2.05, 4.69) is 4.98 Å². The van der Waals surface area contributed by atoms with Crippen LogP contribution in [0.4, 0.5) is 23.8 Å². The Bertz CT molecular complexity index is 692. The van der Waals surface area contributed by atoms with Crippen molar-refractivity contribution in [3.8, 4) is 0 Å². The molecule has 10 heteroatoms. The van der Waals surface area contributed by atoms with Crippen molar-refractivity contribution in [3.05, 3.63) is 22.8 Å². The van der Waals surface area contributed by atoms with Gasteiger partial charge >= 0.3 is 12.3 Å². The van der Waals surface area contributed by atoms with E-state index in [9.17, 15) is 22.8 Å². The van der Waals surface area contributed by atoms with Crippen molar-refractivity contribution in [3.63, 3.8) is 0 Å². The maximum absolute atomic E-state index is 13.0. The van der Waals surface area contributed by atoms with Crippen LogP contribution in [0.15, 0.2) is 12.1 Å². The number of anilines is 1. The Morgan fingerprint density at radius 3 is 2.50 bits per heavy atom. The molecule has 0 saturated carbocycles. The lowest BCUT2D eigenvalue weighted by Gasteiger charge is -2.40. The Morgan fingerprint density at radius 1 is 1.31 bits per heavy atom. The highest BCUT2D eigenvalue weighted by Crippen LogP contribution is 2.34. The molecule has 2 heterocycles. The van der Waals surface area contributed by atoms with Gasteiger partial charge in [0.25, 0.3) is 0 Å². The Labute approximate surface area is 153 Å². The van der Waals surface area contributed by atoms with Crippen molar-refractivity contribution >= 4 is 29.8 Å². The molecular formula is C16H19ClF3N3O3. The minimum absolute atomic E-state index is 0.00860. The second kappa shape index (κ2) is 7.30. The third kappa shape index (κ3) is 4.78. The van der Waals surface area contributed by atoms with Gasteiger partial charge in [-0.15, -0.1) is 0 Å². The monoisotopic (exact) mass is 393 g/mol. The zero-order chi connectivity index (χ0) is 19.7. The molecular weight excluding hydrogens is 375 g/mol. The maximum Gasteiger partial charge on any atom is 0.434 e. The first-order valence-electron chi connectivity index (χ1n) is 7.86. The number of hydrogen-bond acceptors (Lipinski definition) is 5. The van der Waals surface area contributed by atoms with E-state index in [-0.39, 0.29) is 25.5 Å². The van der Waals surface area contributed by atoms with Crippen LogP contribution < -0.4 is 4.90 Å². The molecule has 0 aromatic carbocycles. The summed E-state index contributed by atoms with van der Waals surface area (Å²) in [5, 5.41) is -0.499. The van der Waals surface area contributed by atoms with Crippen molar-refractivity contribution in [1.29, 1.82) is 0 Å². The molecule has 1 amide bonds. The topological polar surface area (TPSA) is 62.7 Å². The van der Waals surface area contributed by atoms with Crippen molar-refractivity contribution in [2.75, 3.05) is 24.5 Å². The highest BCUT2D eigenvalue weighted by Gasteiger charge is 2.37. The van der Waals surface area contributed by atoms with Gasteiger partial charge in [0.1, 0.15) is 23.7 Å². The third-order valence-electron chi connectivity index (χ3n) is 3.63. The molecule has 0 radical (unpaired) electrons. The van der Waals surface area contributed by atoms with E-state index in [0.29, 0.717) is 6.29 Å². The standard InChI is InChI=1S/C16H19ClF3N3O3/c1-15(2,3)26-14(25)23-7-6-22(8-10(23)9-24)12-5-4-11(17)13(21-12)16(18,19)20/h4-5,9-10H,6-8H2,1-3H3/t10-/m0/s1. The van der Waals surface area contributed by atoms with Gasteiger partial charge in [-0.25, -0.2) is 9.78 Å². The average molecular weight is 394 g/mol. The number of nitrogens with zero attached hydrogens (tertiary/aromatic N) is 3. The zero-order valence-electron chi connectivity index (χ0n) is 14.5. The summed E-state index contributed by atoms with van der Waals surface area (Å²) in [4.78, 5) is 29.9. The molecule has 1 aliphatic rings. The highest BCUT2D eigenvalue weighted by molar-refractivity contribution is 6.31. The van der Waals surface area contributed by atoms with Crippen LogP contribution in [0, 0.1) is 0 Å². The van der Waals surface area contributed by atoms with E-state index >= 15 is 0 Å². The minimum Gasteiger partial charge on any atom is -0.444 e. The largest absolute Gasteiger partial charge is 0.444 e. The SMILES string of the molecule is CC(C)(C)OC(=O)N1CCN(c2ccc(Cl)c(C(F)(F)F)n2)C[C@H]1C=O. The molecule has 0 unspecified atom stereocenters. The van der Waals surface area contributed by atoms with Crippen LogP contribution in [-0.4, -0.2) is 53.5 Å². The number of carbonyl (C=O) groups is 2. The van der Waals surface area contributed by atoms with Gasteiger partial charge in [0.15, 0.2) is 5.69 Å². The summed E-state index contributed by atoms with van der Waals surface area (Å²) in [6.45, 7) is 5.43. The number of ether oxygens (including phenoxy) is 1. The molecule has 1 aromatic heterocycles. The Morgan fingerprint density at radius 2 is 1.96 bits per heavy atom. The van der Waals surface area contributed by atoms with Crippen LogP contribution in [-0.2, 0) is 15.7 Å². The zero-order valence-corrected chi connectivity index (χ0v) is 15.3. The fraction of sp³-hybridized carbons (Fsp3) is 0.562. The smallest absolute Gasteiger partial charge is 0.434 e. The van der Waals surface area contributed by atoms with Gasteiger partial charge in [0.05, 0.1) is 5.02 Å². The van der Waals surface area contributed by atoms with Gasteiger partial charge < -0.3 is 14.4 Å². The van der Waals surface area contributed by atoms with E-state index in [1.165, 1.54) is 15.9 Å². The molecule has 1 atom stereocenters. The number of rotatable bonds is 2. The van der Waals surface area contributed by atoms with Gasteiger partial charge in [-0.3, -0.25) is 4.90 Å². The first kappa shape index (κ1) is 20.3. The van der Waals surface area contributed by atoms with Crippen LogP contribution >= 0.6 is 11.6 Å². The molecule has 2 rings (SSSR count). The first-order chi connectivity index (χ1) is 11.9. The Hall–Kier alpha value is -2.03. The first-order valence-corrected chi connectivity index (χ1v) is 8.24. The summed E-state index contributed by atoms with van der Waals surface area (Å²) in [7, 11) is 0. The molecule has 1 fully saturated rings. The van der Waals surface area contributed by atoms with Gasteiger partial charge in [-0.1, -0.05) is 11.6 Å². The van der Waals surface area contributed by atoms with Gasteiger partial charge in [-0.05, 0) is 32.9 Å². The molecule has 144 valence electrons. The van der Waals surface area contributed by atoms with Crippen molar-refractivity contribution in [2.45, 2.75) is 38.6 Å². The second-order valence-corrected chi connectivity index (χ2v) is 7.23. The quantitative estimate of drug-likeness (QED) is 0.721. The number of halogens is 4. The molecule has 0 bridgehead atoms. The fourth-order valence-electron chi connectivity index (χ4n) is 2.49. The number of amides is 1. The summed E-state index contributed by atoms with van der Waals surface area (Å²) in [5.41, 5.74) is -1.91. The number of alkyl halides is 3. The number of carbonyl (C=O) groups excluding carboxylic acids is 2. The van der Waals surface area contributed by atoms with E-state index in [1.807, 2.05) is 0 Å². The third-order valence-corrected chi connectivity index (χ3v) is 3.93. The Balaban J connectivity index is 2.19. The molecule has 0 spiro atoms. The normalized spacial score (nSPS) is 18.7. The van der Waals surface area contributed by atoms with E-state index in [4.69, 9.17) is 16.3 Å². The van der Waals surface area contributed by atoms with E-state index in [0.717, 1.165) is 6.07 Å². The number of hydrogen-bond donors (Lipinski definition) is 0. The van der Waals surface area contributed by atoms with Gasteiger partial charge in [-0.2, -0.15) is 13.2 Å². The molecule has 1 aromatic rings. The maximum atomic E-state index is 13.0. The van der Waals surface area contributed by atoms with Crippen LogP contribution in [0.3, 0.4) is 0 Å².